The molecule has 3 atom stereocenters. The van der Waals surface area contributed by atoms with Gasteiger partial charge in [0.15, 0.2) is 0 Å². The van der Waals surface area contributed by atoms with E-state index in [9.17, 15) is 4.79 Å². The Morgan fingerprint density at radius 3 is 2.56 bits per heavy atom. The fourth-order valence-corrected chi connectivity index (χ4v) is 4.68. The van der Waals surface area contributed by atoms with E-state index in [1.807, 2.05) is 19.1 Å². The normalized spacial score (nSPS) is 25.7. The molecule has 0 spiro atoms. The van der Waals surface area contributed by atoms with E-state index in [4.69, 9.17) is 23.2 Å². The maximum absolute atomic E-state index is 13.0. The Balaban J connectivity index is 1.70. The molecule has 1 amide bonds. The highest BCUT2D eigenvalue weighted by molar-refractivity contribution is 6.42. The third-order valence-corrected chi connectivity index (χ3v) is 6.48. The summed E-state index contributed by atoms with van der Waals surface area (Å²) < 4.78 is 0. The number of carbonyl (C=O) groups is 1. The first-order chi connectivity index (χ1) is 12.1. The van der Waals surface area contributed by atoms with Crippen LogP contribution in [0.4, 0.5) is 0 Å². The fourth-order valence-electron chi connectivity index (χ4n) is 4.37. The van der Waals surface area contributed by atoms with Crippen molar-refractivity contribution in [2.45, 2.75) is 69.9 Å². The van der Waals surface area contributed by atoms with Gasteiger partial charge in [-0.1, -0.05) is 49.0 Å². The van der Waals surface area contributed by atoms with Crippen molar-refractivity contribution in [3.63, 3.8) is 0 Å². The van der Waals surface area contributed by atoms with Gasteiger partial charge in [-0.3, -0.25) is 9.69 Å². The van der Waals surface area contributed by atoms with Gasteiger partial charge in [-0.2, -0.15) is 0 Å². The van der Waals surface area contributed by atoms with Gasteiger partial charge in [-0.05, 0) is 62.9 Å². The van der Waals surface area contributed by atoms with Crippen LogP contribution in [0, 0.1) is 0 Å². The lowest BCUT2D eigenvalue weighted by Gasteiger charge is -2.39. The van der Waals surface area contributed by atoms with Gasteiger partial charge >= 0.3 is 0 Å². The minimum Gasteiger partial charge on any atom is -0.351 e. The number of benzene rings is 1. The van der Waals surface area contributed by atoms with Crippen molar-refractivity contribution in [2.24, 2.45) is 0 Å². The van der Waals surface area contributed by atoms with Gasteiger partial charge in [0, 0.05) is 12.1 Å². The van der Waals surface area contributed by atoms with Crippen LogP contribution in [0.2, 0.25) is 10.0 Å². The Morgan fingerprint density at radius 1 is 1.16 bits per heavy atom. The number of nitrogens with one attached hydrogen (secondary N) is 1. The summed E-state index contributed by atoms with van der Waals surface area (Å²) in [4.78, 5) is 15.6. The van der Waals surface area contributed by atoms with Gasteiger partial charge in [-0.15, -0.1) is 0 Å². The van der Waals surface area contributed by atoms with Crippen LogP contribution >= 0.6 is 23.2 Å². The molecule has 3 unspecified atom stereocenters. The van der Waals surface area contributed by atoms with Crippen LogP contribution in [0.3, 0.4) is 0 Å². The summed E-state index contributed by atoms with van der Waals surface area (Å²) in [6, 6.07) is 6.31. The van der Waals surface area contributed by atoms with Crippen molar-refractivity contribution in [2.75, 3.05) is 13.1 Å². The second-order valence-corrected chi connectivity index (χ2v) is 8.16. The van der Waals surface area contributed by atoms with Crippen molar-refractivity contribution in [3.8, 4) is 0 Å². The number of hydrogen-bond acceptors (Lipinski definition) is 2. The predicted molar refractivity (Wildman–Crippen MR) is 104 cm³/mol. The van der Waals surface area contributed by atoms with E-state index in [1.54, 1.807) is 6.07 Å². The molecule has 1 saturated heterocycles. The summed E-state index contributed by atoms with van der Waals surface area (Å²) in [7, 11) is 0. The predicted octanol–water partition coefficient (Wildman–Crippen LogP) is 5.01. The van der Waals surface area contributed by atoms with Gasteiger partial charge in [-0.25, -0.2) is 0 Å². The van der Waals surface area contributed by atoms with E-state index in [-0.39, 0.29) is 17.9 Å². The lowest BCUT2D eigenvalue weighted by Crippen LogP contribution is -2.53. The number of nitrogens with zero attached hydrogens (tertiary/aromatic N) is 1. The molecule has 1 heterocycles. The molecule has 1 aromatic rings. The summed E-state index contributed by atoms with van der Waals surface area (Å²) in [5.74, 6) is -0.0482. The lowest BCUT2D eigenvalue weighted by atomic mass is 9.88. The molecule has 0 bridgehead atoms. The topological polar surface area (TPSA) is 32.3 Å². The molecule has 1 saturated carbocycles. The average molecular weight is 383 g/mol. The third kappa shape index (κ3) is 4.50. The zero-order valence-electron chi connectivity index (χ0n) is 14.9. The first kappa shape index (κ1) is 19.0. The second-order valence-electron chi connectivity index (χ2n) is 7.34. The first-order valence-electron chi connectivity index (χ1n) is 9.59. The molecule has 1 aliphatic carbocycles. The van der Waals surface area contributed by atoms with Gasteiger partial charge in [0.05, 0.1) is 16.0 Å². The maximum Gasteiger partial charge on any atom is 0.227 e. The molecule has 3 nitrogen and oxygen atoms in total. The van der Waals surface area contributed by atoms with Crippen LogP contribution in [0.5, 0.6) is 0 Å². The molecule has 2 aliphatic rings. The van der Waals surface area contributed by atoms with E-state index in [2.05, 4.69) is 10.2 Å². The van der Waals surface area contributed by atoms with Gasteiger partial charge < -0.3 is 5.32 Å². The third-order valence-electron chi connectivity index (χ3n) is 5.74. The Morgan fingerprint density at radius 2 is 1.88 bits per heavy atom. The standard InChI is InChI=1S/C20H28Cl2N2O/c1-2-15(14-9-10-16(21)17(22)13-14)20(25)23-18-7-3-4-8-19(18)24-11-5-6-12-24/h9-10,13,15,18-19H,2-8,11-12H2,1H3,(H,23,25). The first-order valence-corrected chi connectivity index (χ1v) is 10.3. The molecule has 3 rings (SSSR count). The van der Waals surface area contributed by atoms with Crippen molar-refractivity contribution < 1.29 is 4.79 Å². The molecule has 1 N–H and O–H groups in total. The van der Waals surface area contributed by atoms with Gasteiger partial charge in [0.25, 0.3) is 0 Å². The van der Waals surface area contributed by atoms with Crippen LogP contribution in [0.15, 0.2) is 18.2 Å². The Kier molecular flexibility index (Phi) is 6.65. The quantitative estimate of drug-likeness (QED) is 0.775. The second kappa shape index (κ2) is 8.75. The van der Waals surface area contributed by atoms with Crippen molar-refractivity contribution in [3.05, 3.63) is 33.8 Å². The molecule has 0 aromatic heterocycles. The summed E-state index contributed by atoms with van der Waals surface area (Å²) in [6.45, 7) is 4.41. The van der Waals surface area contributed by atoms with E-state index in [1.165, 1.54) is 45.2 Å². The highest BCUT2D eigenvalue weighted by Crippen LogP contribution is 2.30. The Bertz CT molecular complexity index is 601. The molecule has 1 aromatic carbocycles. The van der Waals surface area contributed by atoms with E-state index in [0.29, 0.717) is 16.1 Å². The zero-order valence-corrected chi connectivity index (χ0v) is 16.5. The number of amides is 1. The largest absolute Gasteiger partial charge is 0.351 e. The molecule has 25 heavy (non-hydrogen) atoms. The minimum atomic E-state index is -0.170. The molecule has 2 fully saturated rings. The summed E-state index contributed by atoms with van der Waals surface area (Å²) in [6.07, 6.45) is 8.11. The molecule has 1 aliphatic heterocycles. The van der Waals surface area contributed by atoms with Gasteiger partial charge in [0.2, 0.25) is 5.91 Å². The van der Waals surface area contributed by atoms with Crippen LogP contribution < -0.4 is 5.32 Å². The highest BCUT2D eigenvalue weighted by Gasteiger charge is 2.33. The van der Waals surface area contributed by atoms with E-state index >= 15 is 0 Å². The van der Waals surface area contributed by atoms with Crippen molar-refractivity contribution in [1.29, 1.82) is 0 Å². The van der Waals surface area contributed by atoms with Crippen LogP contribution in [0.25, 0.3) is 0 Å². The lowest BCUT2D eigenvalue weighted by molar-refractivity contribution is -0.124. The average Bonchev–Trinajstić information content (AvgIpc) is 3.13. The minimum absolute atomic E-state index is 0.122. The summed E-state index contributed by atoms with van der Waals surface area (Å²) >= 11 is 12.2. The Labute approximate surface area is 161 Å². The molecule has 138 valence electrons. The Hall–Kier alpha value is -0.770. The summed E-state index contributed by atoms with van der Waals surface area (Å²) in [5.41, 5.74) is 0.947. The smallest absolute Gasteiger partial charge is 0.227 e. The van der Waals surface area contributed by atoms with E-state index in [0.717, 1.165) is 18.4 Å². The molecular weight excluding hydrogens is 355 g/mol. The molecular formula is C20H28Cl2N2O. The van der Waals surface area contributed by atoms with Crippen LogP contribution in [-0.4, -0.2) is 36.0 Å². The summed E-state index contributed by atoms with van der Waals surface area (Å²) in [5, 5.41) is 4.41. The number of rotatable bonds is 5. The highest BCUT2D eigenvalue weighted by atomic mass is 35.5. The fraction of sp³-hybridized carbons (Fsp3) is 0.650. The van der Waals surface area contributed by atoms with E-state index < -0.39 is 0 Å². The van der Waals surface area contributed by atoms with Gasteiger partial charge in [0.1, 0.15) is 0 Å². The SMILES string of the molecule is CCC(C(=O)NC1CCCCC1N1CCCC1)c1ccc(Cl)c(Cl)c1. The number of likely N-dealkylation sites (tertiary alicyclic amines) is 1. The molecule has 0 radical (unpaired) electrons. The number of hydrogen-bond donors (Lipinski definition) is 1. The number of carbonyl (C=O) groups excluding carboxylic acids is 1. The maximum atomic E-state index is 13.0. The van der Waals surface area contributed by atoms with Crippen LogP contribution in [-0.2, 0) is 4.79 Å². The zero-order chi connectivity index (χ0) is 17.8. The van der Waals surface area contributed by atoms with Crippen LogP contribution in [0.1, 0.15) is 63.4 Å². The molecule has 5 heteroatoms. The number of halogens is 2. The monoisotopic (exact) mass is 382 g/mol. The van der Waals surface area contributed by atoms with Crippen molar-refractivity contribution >= 4 is 29.1 Å². The van der Waals surface area contributed by atoms with Crippen molar-refractivity contribution in [1.82, 2.24) is 10.2 Å².